The number of amides is 1. The molecule has 0 spiro atoms. The topological polar surface area (TPSA) is 33.2 Å². The largest absolute Gasteiger partial charge is 0.286 e. The number of rotatable bonds is 1. The van der Waals surface area contributed by atoms with Gasteiger partial charge in [-0.3, -0.25) is 14.7 Å². The van der Waals surface area contributed by atoms with E-state index in [1.807, 2.05) is 32.2 Å². The molecule has 0 saturated heterocycles. The number of aryl methyl sites for hydroxylation is 1. The second-order valence-corrected chi connectivity index (χ2v) is 3.90. The third-order valence-corrected chi connectivity index (χ3v) is 2.53. The predicted octanol–water partition coefficient (Wildman–Crippen LogP) is 2.42. The van der Waals surface area contributed by atoms with Crippen LogP contribution in [0.4, 0.5) is 5.69 Å². The standard InChI is InChI=1S/C12H14N2O/c1-9-3-6-12(15)14(8-9)11-5-4-10(2)13-7-11/h4-5,7-8H,3,6H2,1-2H3. The Morgan fingerprint density at radius 3 is 2.73 bits per heavy atom. The summed E-state index contributed by atoms with van der Waals surface area (Å²) in [5, 5.41) is 0. The summed E-state index contributed by atoms with van der Waals surface area (Å²) in [6.45, 7) is 3.98. The van der Waals surface area contributed by atoms with Crippen molar-refractivity contribution in [2.24, 2.45) is 0 Å². The van der Waals surface area contributed by atoms with Gasteiger partial charge in [0.15, 0.2) is 0 Å². The number of hydrogen-bond acceptors (Lipinski definition) is 2. The van der Waals surface area contributed by atoms with Crippen LogP contribution in [0.5, 0.6) is 0 Å². The molecule has 0 N–H and O–H groups in total. The minimum Gasteiger partial charge on any atom is -0.286 e. The lowest BCUT2D eigenvalue weighted by Crippen LogP contribution is -2.28. The van der Waals surface area contributed by atoms with Crippen molar-refractivity contribution in [3.63, 3.8) is 0 Å². The lowest BCUT2D eigenvalue weighted by atomic mass is 10.1. The van der Waals surface area contributed by atoms with E-state index in [-0.39, 0.29) is 5.91 Å². The molecule has 3 heteroatoms. The number of anilines is 1. The molecule has 1 aromatic rings. The maximum Gasteiger partial charge on any atom is 0.231 e. The highest BCUT2D eigenvalue weighted by atomic mass is 16.2. The first-order valence-electron chi connectivity index (χ1n) is 5.09. The van der Waals surface area contributed by atoms with E-state index in [2.05, 4.69) is 4.98 Å². The maximum atomic E-state index is 11.7. The van der Waals surface area contributed by atoms with Gasteiger partial charge in [0.25, 0.3) is 0 Å². The van der Waals surface area contributed by atoms with Gasteiger partial charge < -0.3 is 0 Å². The van der Waals surface area contributed by atoms with Crippen molar-refractivity contribution in [2.75, 3.05) is 4.90 Å². The van der Waals surface area contributed by atoms with Crippen LogP contribution in [0.1, 0.15) is 25.5 Å². The number of allylic oxidation sites excluding steroid dienone is 1. The Kier molecular flexibility index (Phi) is 2.54. The molecule has 2 rings (SSSR count). The van der Waals surface area contributed by atoms with Crippen LogP contribution >= 0.6 is 0 Å². The van der Waals surface area contributed by atoms with Gasteiger partial charge in [-0.1, -0.05) is 5.57 Å². The van der Waals surface area contributed by atoms with Crippen LogP contribution in [0, 0.1) is 6.92 Å². The number of aromatic nitrogens is 1. The molecule has 78 valence electrons. The van der Waals surface area contributed by atoms with Crippen LogP contribution in [-0.4, -0.2) is 10.9 Å². The second-order valence-electron chi connectivity index (χ2n) is 3.90. The van der Waals surface area contributed by atoms with Crippen molar-refractivity contribution in [3.8, 4) is 0 Å². The van der Waals surface area contributed by atoms with Gasteiger partial charge >= 0.3 is 0 Å². The van der Waals surface area contributed by atoms with Gasteiger partial charge in [0.2, 0.25) is 5.91 Å². The van der Waals surface area contributed by atoms with Gasteiger partial charge in [-0.25, -0.2) is 0 Å². The first-order valence-corrected chi connectivity index (χ1v) is 5.09. The Labute approximate surface area is 89.4 Å². The highest BCUT2D eigenvalue weighted by Crippen LogP contribution is 2.22. The molecule has 0 bridgehead atoms. The van der Waals surface area contributed by atoms with Crippen LogP contribution in [0.2, 0.25) is 0 Å². The summed E-state index contributed by atoms with van der Waals surface area (Å²) in [6, 6.07) is 3.84. The van der Waals surface area contributed by atoms with Crippen molar-refractivity contribution in [1.29, 1.82) is 0 Å². The van der Waals surface area contributed by atoms with E-state index in [1.54, 1.807) is 11.1 Å². The Morgan fingerprint density at radius 1 is 1.27 bits per heavy atom. The SMILES string of the molecule is CC1=CN(c2ccc(C)nc2)C(=O)CC1. The smallest absolute Gasteiger partial charge is 0.231 e. The highest BCUT2D eigenvalue weighted by Gasteiger charge is 2.18. The lowest BCUT2D eigenvalue weighted by molar-refractivity contribution is -0.118. The zero-order valence-corrected chi connectivity index (χ0v) is 9.03. The normalized spacial score (nSPS) is 16.5. The Morgan fingerprint density at radius 2 is 2.07 bits per heavy atom. The van der Waals surface area contributed by atoms with E-state index >= 15 is 0 Å². The number of nitrogens with zero attached hydrogens (tertiary/aromatic N) is 2. The summed E-state index contributed by atoms with van der Waals surface area (Å²) < 4.78 is 0. The van der Waals surface area contributed by atoms with Crippen LogP contribution in [-0.2, 0) is 4.79 Å². The van der Waals surface area contributed by atoms with E-state index in [0.717, 1.165) is 17.8 Å². The number of hydrogen-bond donors (Lipinski definition) is 0. The van der Waals surface area contributed by atoms with Gasteiger partial charge in [-0.05, 0) is 32.4 Å². The molecule has 0 radical (unpaired) electrons. The number of carbonyl (C=O) groups is 1. The van der Waals surface area contributed by atoms with Gasteiger partial charge in [0.05, 0.1) is 11.9 Å². The van der Waals surface area contributed by atoms with E-state index in [4.69, 9.17) is 0 Å². The monoisotopic (exact) mass is 202 g/mol. The molecule has 0 aromatic carbocycles. The summed E-state index contributed by atoms with van der Waals surface area (Å²) >= 11 is 0. The lowest BCUT2D eigenvalue weighted by Gasteiger charge is -2.23. The van der Waals surface area contributed by atoms with Crippen molar-refractivity contribution in [2.45, 2.75) is 26.7 Å². The zero-order chi connectivity index (χ0) is 10.8. The fraction of sp³-hybridized carbons (Fsp3) is 0.333. The zero-order valence-electron chi connectivity index (χ0n) is 9.03. The molecular weight excluding hydrogens is 188 g/mol. The molecule has 2 heterocycles. The van der Waals surface area contributed by atoms with Crippen LogP contribution < -0.4 is 4.90 Å². The Hall–Kier alpha value is -1.64. The van der Waals surface area contributed by atoms with E-state index in [1.165, 1.54) is 5.57 Å². The molecule has 15 heavy (non-hydrogen) atoms. The van der Waals surface area contributed by atoms with Crippen molar-refractivity contribution < 1.29 is 4.79 Å². The third-order valence-electron chi connectivity index (χ3n) is 2.53. The summed E-state index contributed by atoms with van der Waals surface area (Å²) in [6.07, 6.45) is 5.10. The molecule has 1 amide bonds. The third kappa shape index (κ3) is 2.06. The van der Waals surface area contributed by atoms with E-state index in [0.29, 0.717) is 6.42 Å². The minimum absolute atomic E-state index is 0.145. The van der Waals surface area contributed by atoms with E-state index < -0.39 is 0 Å². The van der Waals surface area contributed by atoms with Gasteiger partial charge in [-0.2, -0.15) is 0 Å². The van der Waals surface area contributed by atoms with Gasteiger partial charge in [-0.15, -0.1) is 0 Å². The van der Waals surface area contributed by atoms with E-state index in [9.17, 15) is 4.79 Å². The summed E-state index contributed by atoms with van der Waals surface area (Å²) in [4.78, 5) is 17.6. The molecular formula is C12H14N2O. The summed E-state index contributed by atoms with van der Waals surface area (Å²) in [5.41, 5.74) is 3.05. The molecule has 0 atom stereocenters. The summed E-state index contributed by atoms with van der Waals surface area (Å²) in [5.74, 6) is 0.145. The average Bonchev–Trinajstić information content (AvgIpc) is 2.23. The fourth-order valence-corrected chi connectivity index (χ4v) is 1.60. The minimum atomic E-state index is 0.145. The van der Waals surface area contributed by atoms with Crippen LogP contribution in [0.3, 0.4) is 0 Å². The van der Waals surface area contributed by atoms with Gasteiger partial charge in [0.1, 0.15) is 0 Å². The molecule has 0 fully saturated rings. The summed E-state index contributed by atoms with van der Waals surface area (Å²) in [7, 11) is 0. The fourth-order valence-electron chi connectivity index (χ4n) is 1.60. The molecule has 0 unspecified atom stereocenters. The number of carbonyl (C=O) groups excluding carboxylic acids is 1. The molecule has 1 aliphatic heterocycles. The van der Waals surface area contributed by atoms with Crippen molar-refractivity contribution in [3.05, 3.63) is 35.8 Å². The molecule has 1 aromatic heterocycles. The Bertz CT molecular complexity index is 406. The first kappa shape index (κ1) is 9.90. The molecule has 0 aliphatic carbocycles. The number of pyridine rings is 1. The first-order chi connectivity index (χ1) is 7.16. The van der Waals surface area contributed by atoms with Crippen molar-refractivity contribution >= 4 is 11.6 Å². The predicted molar refractivity (Wildman–Crippen MR) is 59.5 cm³/mol. The highest BCUT2D eigenvalue weighted by molar-refractivity contribution is 5.96. The van der Waals surface area contributed by atoms with Crippen LogP contribution in [0.15, 0.2) is 30.1 Å². The maximum absolute atomic E-state index is 11.7. The van der Waals surface area contributed by atoms with Crippen LogP contribution in [0.25, 0.3) is 0 Å². The van der Waals surface area contributed by atoms with Crippen molar-refractivity contribution in [1.82, 2.24) is 4.98 Å². The second kappa shape index (κ2) is 3.85. The molecule has 1 aliphatic rings. The quantitative estimate of drug-likeness (QED) is 0.700. The van der Waals surface area contributed by atoms with Gasteiger partial charge in [0, 0.05) is 18.3 Å². The Balaban J connectivity index is 2.33. The molecule has 0 saturated carbocycles. The molecule has 3 nitrogen and oxygen atoms in total. The average molecular weight is 202 g/mol.